The highest BCUT2D eigenvalue weighted by Gasteiger charge is 2.50. The molecule has 4 heteroatoms. The minimum atomic E-state index is -0.136. The van der Waals surface area contributed by atoms with Crippen LogP contribution in [0.5, 0.6) is 5.75 Å². The van der Waals surface area contributed by atoms with Gasteiger partial charge in [-0.1, -0.05) is 35.9 Å². The van der Waals surface area contributed by atoms with Crippen molar-refractivity contribution in [1.29, 1.82) is 0 Å². The van der Waals surface area contributed by atoms with Gasteiger partial charge in [0.1, 0.15) is 5.75 Å². The third-order valence-electron chi connectivity index (χ3n) is 7.36. The van der Waals surface area contributed by atoms with Crippen LogP contribution >= 0.6 is 0 Å². The van der Waals surface area contributed by atoms with Crippen LogP contribution in [-0.2, 0) is 11.3 Å². The molecule has 0 saturated heterocycles. The monoisotopic (exact) mass is 404 g/mol. The van der Waals surface area contributed by atoms with Crippen LogP contribution < -0.4 is 15.4 Å². The third kappa shape index (κ3) is 4.24. The first kappa shape index (κ1) is 19.6. The lowest BCUT2D eigenvalue weighted by Crippen LogP contribution is -2.58. The number of aryl methyl sites for hydroxylation is 1. The van der Waals surface area contributed by atoms with Crippen LogP contribution in [0.2, 0.25) is 0 Å². The number of nitrogens with one attached hydrogen (secondary N) is 2. The van der Waals surface area contributed by atoms with Crippen LogP contribution in [-0.4, -0.2) is 18.1 Å². The summed E-state index contributed by atoms with van der Waals surface area (Å²) in [6.45, 7) is 2.85. The highest BCUT2D eigenvalue weighted by Crippen LogP contribution is 2.55. The molecule has 4 aliphatic rings. The Kier molecular flexibility index (Phi) is 5.28. The van der Waals surface area contributed by atoms with Gasteiger partial charge in [-0.3, -0.25) is 4.79 Å². The van der Waals surface area contributed by atoms with Crippen molar-refractivity contribution in [1.82, 2.24) is 5.32 Å². The molecule has 4 nitrogen and oxygen atoms in total. The molecule has 0 radical (unpaired) electrons. The van der Waals surface area contributed by atoms with E-state index in [1.807, 2.05) is 43.3 Å². The number of carbonyl (C=O) groups excluding carboxylic acids is 1. The number of para-hydroxylation sites is 1. The van der Waals surface area contributed by atoms with E-state index in [2.05, 4.69) is 22.8 Å². The van der Waals surface area contributed by atoms with Crippen LogP contribution in [0.4, 0.5) is 5.69 Å². The maximum Gasteiger partial charge on any atom is 0.262 e. The molecule has 4 saturated carbocycles. The molecule has 0 aliphatic heterocycles. The molecule has 4 bridgehead atoms. The van der Waals surface area contributed by atoms with E-state index in [0.717, 1.165) is 41.3 Å². The Morgan fingerprint density at radius 2 is 1.60 bits per heavy atom. The molecule has 2 N–H and O–H groups in total. The first-order valence-electron chi connectivity index (χ1n) is 11.4. The van der Waals surface area contributed by atoms with Crippen LogP contribution in [0.15, 0.2) is 48.5 Å². The lowest BCUT2D eigenvalue weighted by Gasteiger charge is -2.57. The first-order chi connectivity index (χ1) is 14.6. The summed E-state index contributed by atoms with van der Waals surface area (Å²) in [4.78, 5) is 12.3. The Balaban J connectivity index is 1.18. The summed E-state index contributed by atoms with van der Waals surface area (Å²) < 4.78 is 5.91. The molecule has 4 aliphatic carbocycles. The highest BCUT2D eigenvalue weighted by molar-refractivity contribution is 5.91. The molecular weight excluding hydrogens is 372 g/mol. The van der Waals surface area contributed by atoms with Gasteiger partial charge in [0.05, 0.1) is 0 Å². The molecule has 30 heavy (non-hydrogen) atoms. The summed E-state index contributed by atoms with van der Waals surface area (Å²) in [5, 5.41) is 6.84. The molecule has 0 aromatic heterocycles. The molecule has 158 valence electrons. The summed E-state index contributed by atoms with van der Waals surface area (Å²) in [7, 11) is 0. The number of rotatable bonds is 7. The third-order valence-corrected chi connectivity index (χ3v) is 7.36. The maximum absolute atomic E-state index is 12.3. The van der Waals surface area contributed by atoms with E-state index >= 15 is 0 Å². The molecule has 4 fully saturated rings. The lowest BCUT2D eigenvalue weighted by atomic mass is 9.53. The maximum atomic E-state index is 12.3. The summed E-state index contributed by atoms with van der Waals surface area (Å²) in [6, 6.07) is 15.9. The van der Waals surface area contributed by atoms with Crippen molar-refractivity contribution in [2.45, 2.75) is 57.5 Å². The molecule has 0 spiro atoms. The van der Waals surface area contributed by atoms with Gasteiger partial charge in [-0.05, 0) is 81.4 Å². The van der Waals surface area contributed by atoms with Gasteiger partial charge < -0.3 is 15.4 Å². The van der Waals surface area contributed by atoms with Crippen molar-refractivity contribution in [3.63, 3.8) is 0 Å². The van der Waals surface area contributed by atoms with Crippen molar-refractivity contribution >= 4 is 11.6 Å². The Hall–Kier alpha value is -2.33. The van der Waals surface area contributed by atoms with Crippen LogP contribution in [0.25, 0.3) is 0 Å². The van der Waals surface area contributed by atoms with Gasteiger partial charge >= 0.3 is 0 Å². The van der Waals surface area contributed by atoms with E-state index in [0.29, 0.717) is 5.54 Å². The van der Waals surface area contributed by atoms with E-state index in [4.69, 9.17) is 4.74 Å². The lowest BCUT2D eigenvalue weighted by molar-refractivity contribution is -0.118. The van der Waals surface area contributed by atoms with E-state index in [1.54, 1.807) is 0 Å². The van der Waals surface area contributed by atoms with Crippen molar-refractivity contribution in [2.24, 2.45) is 17.8 Å². The summed E-state index contributed by atoms with van der Waals surface area (Å²) in [5.74, 6) is 3.46. The highest BCUT2D eigenvalue weighted by atomic mass is 16.5. The molecule has 0 unspecified atom stereocenters. The fraction of sp³-hybridized carbons (Fsp3) is 0.500. The molecule has 2 aromatic rings. The molecule has 2 aromatic carbocycles. The van der Waals surface area contributed by atoms with Gasteiger partial charge in [-0.25, -0.2) is 0 Å². The summed E-state index contributed by atoms with van der Waals surface area (Å²) >= 11 is 0. The van der Waals surface area contributed by atoms with Gasteiger partial charge in [0, 0.05) is 23.3 Å². The minimum absolute atomic E-state index is 0.0161. The van der Waals surface area contributed by atoms with Crippen molar-refractivity contribution in [2.75, 3.05) is 11.9 Å². The van der Waals surface area contributed by atoms with Gasteiger partial charge in [0.2, 0.25) is 0 Å². The number of amides is 1. The van der Waals surface area contributed by atoms with Gasteiger partial charge in [-0.2, -0.15) is 0 Å². The fourth-order valence-electron chi connectivity index (χ4n) is 6.38. The molecule has 1 amide bonds. The van der Waals surface area contributed by atoms with E-state index in [9.17, 15) is 4.79 Å². The Morgan fingerprint density at radius 3 is 2.27 bits per heavy atom. The predicted octanol–water partition coefficient (Wildman–Crippen LogP) is 5.07. The zero-order chi connectivity index (χ0) is 20.6. The van der Waals surface area contributed by atoms with Gasteiger partial charge in [0.25, 0.3) is 5.91 Å². The Labute approximate surface area is 179 Å². The van der Waals surface area contributed by atoms with E-state index in [1.165, 1.54) is 44.1 Å². The molecule has 6 rings (SSSR count). The smallest absolute Gasteiger partial charge is 0.262 e. The fourth-order valence-corrected chi connectivity index (χ4v) is 6.38. The molecule has 0 atom stereocenters. The second-order valence-electron chi connectivity index (χ2n) is 9.86. The predicted molar refractivity (Wildman–Crippen MR) is 119 cm³/mol. The molecule has 0 heterocycles. The zero-order valence-electron chi connectivity index (χ0n) is 17.8. The van der Waals surface area contributed by atoms with Crippen LogP contribution in [0.1, 0.15) is 49.7 Å². The number of hydrogen-bond acceptors (Lipinski definition) is 3. The van der Waals surface area contributed by atoms with E-state index < -0.39 is 0 Å². The summed E-state index contributed by atoms with van der Waals surface area (Å²) in [5.41, 5.74) is 3.43. The Bertz CT molecular complexity index is 870. The number of benzene rings is 2. The summed E-state index contributed by atoms with van der Waals surface area (Å²) in [6.07, 6.45) is 8.37. The largest absolute Gasteiger partial charge is 0.483 e. The second-order valence-corrected chi connectivity index (χ2v) is 9.86. The Morgan fingerprint density at radius 1 is 0.967 bits per heavy atom. The second kappa shape index (κ2) is 8.07. The number of carbonyl (C=O) groups is 1. The first-order valence-corrected chi connectivity index (χ1v) is 11.4. The normalized spacial score (nSPS) is 29.0. The van der Waals surface area contributed by atoms with Crippen molar-refractivity contribution in [3.05, 3.63) is 59.7 Å². The SMILES string of the molecule is Cc1ccc(NC(=O)COc2ccccc2CNC23CC4CC(CC(C4)C2)C3)cc1. The number of ether oxygens (including phenoxy) is 1. The minimum Gasteiger partial charge on any atom is -0.483 e. The van der Waals surface area contributed by atoms with Gasteiger partial charge in [0.15, 0.2) is 6.61 Å². The topological polar surface area (TPSA) is 50.4 Å². The average Bonchev–Trinajstić information content (AvgIpc) is 2.72. The molecular formula is C26H32N2O2. The quantitative estimate of drug-likeness (QED) is 0.677. The van der Waals surface area contributed by atoms with Crippen LogP contribution in [0, 0.1) is 24.7 Å². The van der Waals surface area contributed by atoms with Gasteiger partial charge in [-0.15, -0.1) is 0 Å². The number of anilines is 1. The van der Waals surface area contributed by atoms with E-state index in [-0.39, 0.29) is 12.5 Å². The standard InChI is InChI=1S/C26H32N2O2/c1-18-6-8-23(9-7-18)28-25(29)17-30-24-5-3-2-4-22(24)16-27-26-13-19-10-20(14-26)12-21(11-19)15-26/h2-9,19-21,27H,10-17H2,1H3,(H,28,29). The number of hydrogen-bond donors (Lipinski definition) is 2. The van der Waals surface area contributed by atoms with Crippen molar-refractivity contribution in [3.8, 4) is 5.75 Å². The average molecular weight is 405 g/mol. The van der Waals surface area contributed by atoms with Crippen LogP contribution in [0.3, 0.4) is 0 Å². The zero-order valence-corrected chi connectivity index (χ0v) is 17.8. The van der Waals surface area contributed by atoms with Crippen molar-refractivity contribution < 1.29 is 9.53 Å².